The Bertz CT molecular complexity index is 938. The summed E-state index contributed by atoms with van der Waals surface area (Å²) in [5, 5.41) is 1.13. The quantitative estimate of drug-likeness (QED) is 0.589. The molecule has 3 fully saturated rings. The Morgan fingerprint density at radius 3 is 2.79 bits per heavy atom. The fourth-order valence-electron chi connectivity index (χ4n) is 4.66. The minimum Gasteiger partial charge on any atom is -0.378 e. The first-order valence-electron chi connectivity index (χ1n) is 10.5. The first-order valence-corrected chi connectivity index (χ1v) is 10.5. The van der Waals surface area contributed by atoms with Crippen molar-refractivity contribution in [3.63, 3.8) is 0 Å². The predicted molar refractivity (Wildman–Crippen MR) is 117 cm³/mol. The van der Waals surface area contributed by atoms with Gasteiger partial charge in [-0.05, 0) is 31.9 Å². The Labute approximate surface area is 171 Å². The lowest BCUT2D eigenvalue weighted by Gasteiger charge is -2.49. The lowest BCUT2D eigenvalue weighted by Crippen LogP contribution is -2.60. The summed E-state index contributed by atoms with van der Waals surface area (Å²) >= 11 is 0. The summed E-state index contributed by atoms with van der Waals surface area (Å²) in [6, 6.07) is 6.27. The molecular weight excluding hydrogens is 364 g/mol. The second-order valence-corrected chi connectivity index (χ2v) is 8.06. The van der Waals surface area contributed by atoms with Crippen molar-refractivity contribution in [2.75, 3.05) is 55.7 Å². The number of hydrogen-bond acceptors (Lipinski definition) is 6. The van der Waals surface area contributed by atoms with E-state index in [-0.39, 0.29) is 5.54 Å². The lowest BCUT2D eigenvalue weighted by atomic mass is 9.84. The van der Waals surface area contributed by atoms with Crippen LogP contribution in [0.4, 0.5) is 11.6 Å². The highest BCUT2D eigenvalue weighted by molar-refractivity contribution is 5.92. The maximum Gasteiger partial charge on any atom is 0.140 e. The Balaban J connectivity index is 1.45. The number of aromatic nitrogens is 2. The van der Waals surface area contributed by atoms with Gasteiger partial charge in [-0.2, -0.15) is 0 Å². The Morgan fingerprint density at radius 2 is 2.00 bits per heavy atom. The van der Waals surface area contributed by atoms with Crippen LogP contribution in [-0.4, -0.2) is 72.7 Å². The van der Waals surface area contributed by atoms with E-state index in [0.717, 1.165) is 74.9 Å². The molecule has 0 aliphatic carbocycles. The van der Waals surface area contributed by atoms with Crippen molar-refractivity contribution in [2.24, 2.45) is 4.99 Å². The number of allylic oxidation sites excluding steroid dienone is 1. The van der Waals surface area contributed by atoms with E-state index in [0.29, 0.717) is 0 Å². The van der Waals surface area contributed by atoms with Gasteiger partial charge in [0.05, 0.1) is 30.6 Å². The first kappa shape index (κ1) is 18.4. The van der Waals surface area contributed by atoms with E-state index in [2.05, 4.69) is 36.8 Å². The molecule has 1 unspecified atom stereocenters. The van der Waals surface area contributed by atoms with Gasteiger partial charge in [0.25, 0.3) is 0 Å². The molecule has 1 spiro atoms. The van der Waals surface area contributed by atoms with Gasteiger partial charge in [-0.15, -0.1) is 0 Å². The van der Waals surface area contributed by atoms with Gasteiger partial charge in [0, 0.05) is 56.6 Å². The molecule has 2 aromatic heterocycles. The Hall–Kier alpha value is -2.67. The summed E-state index contributed by atoms with van der Waals surface area (Å²) in [6.07, 6.45) is 10.0. The predicted octanol–water partition coefficient (Wildman–Crippen LogP) is 2.68. The average Bonchev–Trinajstić information content (AvgIpc) is 3.24. The number of pyridine rings is 2. The molecule has 29 heavy (non-hydrogen) atoms. The molecule has 0 N–H and O–H groups in total. The van der Waals surface area contributed by atoms with Gasteiger partial charge in [0.1, 0.15) is 11.6 Å². The third-order valence-corrected chi connectivity index (χ3v) is 6.40. The summed E-state index contributed by atoms with van der Waals surface area (Å²) in [7, 11) is 0. The van der Waals surface area contributed by atoms with E-state index in [1.165, 1.54) is 6.42 Å². The molecule has 3 aliphatic rings. The molecule has 0 bridgehead atoms. The number of anilines is 2. The second kappa shape index (κ2) is 7.63. The van der Waals surface area contributed by atoms with E-state index < -0.39 is 0 Å². The van der Waals surface area contributed by atoms with Crippen LogP contribution in [0.15, 0.2) is 41.7 Å². The highest BCUT2D eigenvalue weighted by Crippen LogP contribution is 2.41. The van der Waals surface area contributed by atoms with Crippen LogP contribution in [0.25, 0.3) is 10.9 Å². The average molecular weight is 393 g/mol. The molecule has 1 atom stereocenters. The first-order chi connectivity index (χ1) is 14.3. The van der Waals surface area contributed by atoms with Crippen molar-refractivity contribution in [3.05, 3.63) is 36.7 Å². The van der Waals surface area contributed by atoms with Gasteiger partial charge in [-0.1, -0.05) is 6.08 Å². The summed E-state index contributed by atoms with van der Waals surface area (Å²) in [6.45, 7) is 8.34. The number of aliphatic imine (C=N–C) groups is 1. The zero-order valence-corrected chi connectivity index (χ0v) is 17.0. The van der Waals surface area contributed by atoms with E-state index in [1.807, 2.05) is 37.8 Å². The lowest BCUT2D eigenvalue weighted by molar-refractivity contribution is 0.0844. The van der Waals surface area contributed by atoms with Crippen molar-refractivity contribution in [2.45, 2.75) is 25.3 Å². The summed E-state index contributed by atoms with van der Waals surface area (Å²) in [5.41, 5.74) is 1.20. The van der Waals surface area contributed by atoms with E-state index in [1.54, 1.807) is 0 Å². The van der Waals surface area contributed by atoms with Gasteiger partial charge < -0.3 is 19.4 Å². The molecular formula is C22H28N6O. The highest BCUT2D eigenvalue weighted by atomic mass is 16.5. The van der Waals surface area contributed by atoms with E-state index >= 15 is 0 Å². The molecule has 0 amide bonds. The van der Waals surface area contributed by atoms with Gasteiger partial charge in [0.15, 0.2) is 0 Å². The summed E-state index contributed by atoms with van der Waals surface area (Å²) < 4.78 is 5.52. The van der Waals surface area contributed by atoms with Crippen LogP contribution >= 0.6 is 0 Å². The van der Waals surface area contributed by atoms with E-state index in [4.69, 9.17) is 9.72 Å². The fraction of sp³-hybridized carbons (Fsp3) is 0.500. The maximum absolute atomic E-state index is 5.52. The van der Waals surface area contributed by atoms with Gasteiger partial charge >= 0.3 is 0 Å². The SMILES string of the molecule is C/C=C\N=CN1CCC12CCN(c1nc(N3CCOCC3)cc3ncccc13)C2. The van der Waals surface area contributed by atoms with Crippen molar-refractivity contribution < 1.29 is 4.74 Å². The third-order valence-electron chi connectivity index (χ3n) is 6.40. The molecule has 2 aromatic rings. The standard InChI is InChI=1S/C22H28N6O/c1-2-7-23-17-28-10-6-22(28)5-9-27(16-22)21-18-4-3-8-24-19(18)15-20(25-21)26-11-13-29-14-12-26/h2-4,7-8,15,17H,5-6,9-14,16H2,1H3/b7-2-,23-17?. The largest absolute Gasteiger partial charge is 0.378 e. The number of fused-ring (bicyclic) bond motifs is 1. The molecule has 152 valence electrons. The molecule has 7 heteroatoms. The molecule has 0 radical (unpaired) electrons. The second-order valence-electron chi connectivity index (χ2n) is 8.06. The summed E-state index contributed by atoms with van der Waals surface area (Å²) in [5.74, 6) is 2.07. The monoisotopic (exact) mass is 392 g/mol. The van der Waals surface area contributed by atoms with Crippen LogP contribution in [0.3, 0.4) is 0 Å². The Kier molecular flexibility index (Phi) is 4.83. The fourth-order valence-corrected chi connectivity index (χ4v) is 4.66. The molecule has 0 saturated carbocycles. The molecule has 3 saturated heterocycles. The minimum atomic E-state index is 0.191. The van der Waals surface area contributed by atoms with Crippen LogP contribution < -0.4 is 9.80 Å². The molecule has 3 aliphatic heterocycles. The molecule has 7 nitrogen and oxygen atoms in total. The number of nitrogens with zero attached hydrogens (tertiary/aromatic N) is 6. The number of hydrogen-bond donors (Lipinski definition) is 0. The number of likely N-dealkylation sites (tertiary alicyclic amines) is 1. The Morgan fingerprint density at radius 1 is 1.14 bits per heavy atom. The van der Waals surface area contributed by atoms with Gasteiger partial charge in [-0.3, -0.25) is 4.98 Å². The highest BCUT2D eigenvalue weighted by Gasteiger charge is 2.48. The molecule has 5 rings (SSSR count). The van der Waals surface area contributed by atoms with Crippen molar-refractivity contribution in [1.82, 2.24) is 14.9 Å². The van der Waals surface area contributed by atoms with Crippen LogP contribution in [0.5, 0.6) is 0 Å². The molecule has 5 heterocycles. The van der Waals surface area contributed by atoms with Crippen LogP contribution in [-0.2, 0) is 4.74 Å². The third kappa shape index (κ3) is 3.33. The van der Waals surface area contributed by atoms with Crippen LogP contribution in [0.2, 0.25) is 0 Å². The topological polar surface area (TPSA) is 57.1 Å². The van der Waals surface area contributed by atoms with Gasteiger partial charge in [0.2, 0.25) is 0 Å². The number of morpholine rings is 1. The maximum atomic E-state index is 5.52. The normalized spacial score (nSPS) is 25.1. The van der Waals surface area contributed by atoms with Crippen molar-refractivity contribution in [3.8, 4) is 0 Å². The van der Waals surface area contributed by atoms with Crippen molar-refractivity contribution >= 4 is 28.9 Å². The summed E-state index contributed by atoms with van der Waals surface area (Å²) in [4.78, 5) is 21.3. The van der Waals surface area contributed by atoms with Crippen LogP contribution in [0, 0.1) is 0 Å². The zero-order chi connectivity index (χ0) is 19.7. The van der Waals surface area contributed by atoms with E-state index in [9.17, 15) is 0 Å². The van der Waals surface area contributed by atoms with Gasteiger partial charge in [-0.25, -0.2) is 9.98 Å². The number of ether oxygens (including phenoxy) is 1. The number of rotatable bonds is 4. The van der Waals surface area contributed by atoms with Crippen LogP contribution in [0.1, 0.15) is 19.8 Å². The minimum absolute atomic E-state index is 0.191. The smallest absolute Gasteiger partial charge is 0.140 e. The zero-order valence-electron chi connectivity index (χ0n) is 17.0. The molecule has 0 aromatic carbocycles. The van der Waals surface area contributed by atoms with Crippen molar-refractivity contribution in [1.29, 1.82) is 0 Å².